The Morgan fingerprint density at radius 1 is 1.39 bits per heavy atom. The predicted octanol–water partition coefficient (Wildman–Crippen LogP) is 2.07. The topological polar surface area (TPSA) is 111 Å². The second kappa shape index (κ2) is 7.45. The van der Waals surface area contributed by atoms with E-state index < -0.39 is 0 Å². The molecule has 0 unspecified atom stereocenters. The molecule has 9 heteroatoms. The molecule has 2 aromatic rings. The van der Waals surface area contributed by atoms with Crippen LogP contribution in [0.25, 0.3) is 0 Å². The highest BCUT2D eigenvalue weighted by atomic mass is 35.5. The minimum absolute atomic E-state index is 0.106. The van der Waals surface area contributed by atoms with Crippen LogP contribution in [0.4, 0.5) is 5.95 Å². The first-order chi connectivity index (χ1) is 10.9. The number of aliphatic hydroxyl groups excluding tert-OH is 1. The number of anilines is 1. The van der Waals surface area contributed by atoms with Crippen LogP contribution in [0.3, 0.4) is 0 Å². The van der Waals surface area contributed by atoms with Crippen molar-refractivity contribution in [1.29, 1.82) is 0 Å². The van der Waals surface area contributed by atoms with Gasteiger partial charge in [-0.05, 0) is 24.6 Å². The normalized spacial score (nSPS) is 11.1. The smallest absolute Gasteiger partial charge is 0.255 e. The minimum Gasteiger partial charge on any atom is -0.505 e. The lowest BCUT2D eigenvalue weighted by Crippen LogP contribution is -2.19. The molecule has 1 heterocycles. The summed E-state index contributed by atoms with van der Waals surface area (Å²) in [6.07, 6.45) is 1.65. The van der Waals surface area contributed by atoms with E-state index in [0.29, 0.717) is 16.8 Å². The number of hydrogen-bond donors (Lipinski definition) is 4. The summed E-state index contributed by atoms with van der Waals surface area (Å²) in [4.78, 5) is 18.5. The molecule has 0 aliphatic rings. The first-order valence-electron chi connectivity index (χ1n) is 6.60. The summed E-state index contributed by atoms with van der Waals surface area (Å²) in [5.41, 5.74) is 3.75. The van der Waals surface area contributed by atoms with Crippen molar-refractivity contribution in [2.45, 2.75) is 13.3 Å². The van der Waals surface area contributed by atoms with Gasteiger partial charge in [0.15, 0.2) is 5.75 Å². The Morgan fingerprint density at radius 2 is 2.04 bits per heavy atom. The summed E-state index contributed by atoms with van der Waals surface area (Å²) in [6.45, 7) is 1.55. The summed E-state index contributed by atoms with van der Waals surface area (Å²) < 4.78 is 0. The average Bonchev–Trinajstić information content (AvgIpc) is 2.48. The summed E-state index contributed by atoms with van der Waals surface area (Å²) in [6, 6.07) is 2.97. The minimum atomic E-state index is -0.333. The molecule has 0 saturated carbocycles. The molecule has 4 N–H and O–H groups in total. The molecule has 0 aliphatic carbocycles. The Kier molecular flexibility index (Phi) is 5.59. The zero-order valence-electron chi connectivity index (χ0n) is 12.1. The fourth-order valence-corrected chi connectivity index (χ4v) is 2.40. The highest BCUT2D eigenvalue weighted by Crippen LogP contribution is 2.32. The number of hydrazone groups is 1. The highest BCUT2D eigenvalue weighted by molar-refractivity contribution is 6.37. The van der Waals surface area contributed by atoms with E-state index >= 15 is 0 Å². The van der Waals surface area contributed by atoms with Gasteiger partial charge in [0, 0.05) is 18.6 Å². The van der Waals surface area contributed by atoms with E-state index in [1.807, 2.05) is 0 Å². The van der Waals surface area contributed by atoms with Gasteiger partial charge in [-0.3, -0.25) is 9.78 Å². The number of aromatic nitrogens is 2. The van der Waals surface area contributed by atoms with Gasteiger partial charge in [-0.1, -0.05) is 23.2 Å². The number of halogens is 2. The lowest BCUT2D eigenvalue weighted by atomic mass is 10.2. The number of rotatable bonds is 5. The molecule has 1 aromatic carbocycles. The number of phenols is 1. The van der Waals surface area contributed by atoms with Crippen molar-refractivity contribution < 1.29 is 10.2 Å². The van der Waals surface area contributed by atoms with Crippen molar-refractivity contribution in [2.24, 2.45) is 5.10 Å². The third-order valence-corrected chi connectivity index (χ3v) is 3.58. The fraction of sp³-hybridized carbons (Fsp3) is 0.214. The van der Waals surface area contributed by atoms with E-state index in [9.17, 15) is 9.90 Å². The van der Waals surface area contributed by atoms with Gasteiger partial charge in [0.2, 0.25) is 5.95 Å². The molecule has 7 nitrogen and oxygen atoms in total. The van der Waals surface area contributed by atoms with Crippen LogP contribution in [0.15, 0.2) is 22.0 Å². The second-order valence-electron chi connectivity index (χ2n) is 4.66. The number of aromatic amines is 1. The molecule has 0 fully saturated rings. The van der Waals surface area contributed by atoms with E-state index in [4.69, 9.17) is 28.3 Å². The third kappa shape index (κ3) is 4.22. The van der Waals surface area contributed by atoms with Crippen molar-refractivity contribution in [3.8, 4) is 5.75 Å². The van der Waals surface area contributed by atoms with E-state index in [1.54, 1.807) is 6.92 Å². The van der Waals surface area contributed by atoms with Gasteiger partial charge < -0.3 is 10.2 Å². The number of benzene rings is 1. The van der Waals surface area contributed by atoms with Gasteiger partial charge in [0.25, 0.3) is 5.56 Å². The monoisotopic (exact) mass is 356 g/mol. The van der Waals surface area contributed by atoms with Gasteiger partial charge in [-0.2, -0.15) is 5.10 Å². The van der Waals surface area contributed by atoms with Crippen LogP contribution < -0.4 is 11.0 Å². The Morgan fingerprint density at radius 3 is 2.61 bits per heavy atom. The van der Waals surface area contributed by atoms with Crippen molar-refractivity contribution in [3.05, 3.63) is 49.4 Å². The predicted molar refractivity (Wildman–Crippen MR) is 89.7 cm³/mol. The number of hydrogen-bond acceptors (Lipinski definition) is 6. The number of aliphatic hydroxyl groups is 1. The first-order valence-corrected chi connectivity index (χ1v) is 7.35. The summed E-state index contributed by atoms with van der Waals surface area (Å²) in [5, 5.41) is 22.5. The van der Waals surface area contributed by atoms with Crippen LogP contribution >= 0.6 is 23.2 Å². The molecular formula is C14H14Cl2N4O3. The Hall–Kier alpha value is -2.09. The van der Waals surface area contributed by atoms with Crippen molar-refractivity contribution in [1.82, 2.24) is 9.97 Å². The molecule has 0 saturated heterocycles. The van der Waals surface area contributed by atoms with Crippen LogP contribution in [0.5, 0.6) is 5.75 Å². The molecule has 0 bridgehead atoms. The third-order valence-electron chi connectivity index (χ3n) is 3.01. The zero-order valence-corrected chi connectivity index (χ0v) is 13.6. The van der Waals surface area contributed by atoms with Gasteiger partial charge >= 0.3 is 0 Å². The number of aromatic hydroxyl groups is 1. The van der Waals surface area contributed by atoms with Gasteiger partial charge in [0.1, 0.15) is 0 Å². The van der Waals surface area contributed by atoms with Crippen LogP contribution in [-0.4, -0.2) is 33.0 Å². The van der Waals surface area contributed by atoms with Crippen molar-refractivity contribution in [2.75, 3.05) is 12.0 Å². The van der Waals surface area contributed by atoms with Crippen LogP contribution in [-0.2, 0) is 6.42 Å². The summed E-state index contributed by atoms with van der Waals surface area (Å²) in [5.74, 6) is -0.0269. The van der Waals surface area contributed by atoms with E-state index in [2.05, 4.69) is 20.5 Å². The molecule has 0 aliphatic heterocycles. The number of nitrogens with zero attached hydrogens (tertiary/aromatic N) is 2. The van der Waals surface area contributed by atoms with E-state index in [1.165, 1.54) is 18.3 Å². The van der Waals surface area contributed by atoms with Gasteiger partial charge in [0.05, 0.1) is 22.0 Å². The number of nitrogens with one attached hydrogen (secondary N) is 2. The van der Waals surface area contributed by atoms with Crippen LogP contribution in [0.2, 0.25) is 10.0 Å². The lowest BCUT2D eigenvalue weighted by molar-refractivity contribution is 0.298. The van der Waals surface area contributed by atoms with E-state index in [0.717, 1.165) is 0 Å². The van der Waals surface area contributed by atoms with Crippen molar-refractivity contribution in [3.63, 3.8) is 0 Å². The molecule has 0 atom stereocenters. The molecule has 0 spiro atoms. The lowest BCUT2D eigenvalue weighted by Gasteiger charge is -2.05. The SMILES string of the molecule is Cc1nc(N/N=C\c2cc(Cl)c(O)c(Cl)c2)[nH]c(=O)c1CCO. The molecule has 122 valence electrons. The summed E-state index contributed by atoms with van der Waals surface area (Å²) in [7, 11) is 0. The maximum atomic E-state index is 11.8. The largest absolute Gasteiger partial charge is 0.505 e. The van der Waals surface area contributed by atoms with Gasteiger partial charge in [-0.15, -0.1) is 0 Å². The highest BCUT2D eigenvalue weighted by Gasteiger charge is 2.07. The fourth-order valence-electron chi connectivity index (χ4n) is 1.90. The number of aryl methyl sites for hydroxylation is 1. The average molecular weight is 357 g/mol. The standard InChI is InChI=1S/C14H14Cl2N4O3/c1-7-9(2-3-21)13(23)19-14(18-7)20-17-6-8-4-10(15)12(22)11(16)5-8/h4-6,21-22H,2-3H2,1H3,(H2,18,19,20,23)/b17-6-. The van der Waals surface area contributed by atoms with E-state index in [-0.39, 0.29) is 40.3 Å². The Labute approximate surface area is 141 Å². The van der Waals surface area contributed by atoms with Gasteiger partial charge in [-0.25, -0.2) is 10.4 Å². The molecule has 23 heavy (non-hydrogen) atoms. The van der Waals surface area contributed by atoms with Crippen LogP contribution in [0, 0.1) is 6.92 Å². The Bertz CT molecular complexity index is 782. The molecule has 0 amide bonds. The quantitative estimate of drug-likeness (QED) is 0.484. The Balaban J connectivity index is 2.16. The zero-order chi connectivity index (χ0) is 17.0. The number of phenolic OH excluding ortho intramolecular Hbond substituents is 1. The molecule has 0 radical (unpaired) electrons. The van der Waals surface area contributed by atoms with Crippen LogP contribution in [0.1, 0.15) is 16.8 Å². The summed E-state index contributed by atoms with van der Waals surface area (Å²) >= 11 is 11.6. The molecule has 1 aromatic heterocycles. The maximum absolute atomic E-state index is 11.8. The maximum Gasteiger partial charge on any atom is 0.255 e. The number of H-pyrrole nitrogens is 1. The first kappa shape index (κ1) is 17.3. The molecular weight excluding hydrogens is 343 g/mol. The molecule has 2 rings (SSSR count). The van der Waals surface area contributed by atoms with Crippen molar-refractivity contribution >= 4 is 35.4 Å². The second-order valence-corrected chi connectivity index (χ2v) is 5.47.